The zero-order chi connectivity index (χ0) is 13.2. The molecule has 0 spiro atoms. The minimum Gasteiger partial charge on any atom is -0.456 e. The summed E-state index contributed by atoms with van der Waals surface area (Å²) >= 11 is 0. The van der Waals surface area contributed by atoms with Crippen LogP contribution in [0.4, 0.5) is 0 Å². The molecule has 0 fully saturated rings. The lowest BCUT2D eigenvalue weighted by molar-refractivity contribution is 0.138. The molecule has 0 atom stereocenters. The summed E-state index contributed by atoms with van der Waals surface area (Å²) in [6.45, 7) is 12.2. The summed E-state index contributed by atoms with van der Waals surface area (Å²) < 4.78 is 20.3. The van der Waals surface area contributed by atoms with E-state index in [0.29, 0.717) is 0 Å². The van der Waals surface area contributed by atoms with Crippen LogP contribution >= 0.6 is 0 Å². The molecule has 0 aliphatic carbocycles. The van der Waals surface area contributed by atoms with Gasteiger partial charge in [-0.25, -0.2) is 0 Å². The largest absolute Gasteiger partial charge is 0.528 e. The fraction of sp³-hybridized carbons (Fsp3) is 0.778. The van der Waals surface area contributed by atoms with Crippen LogP contribution < -0.4 is 0 Å². The first-order valence-electron chi connectivity index (χ1n) is 4.94. The molecule has 0 aromatic carbocycles. The second kappa shape index (κ2) is 10.4. The van der Waals surface area contributed by atoms with Crippen LogP contribution in [0.15, 0.2) is 12.3 Å². The molecular weight excluding hydrogens is 256 g/mol. The molecule has 16 heavy (non-hydrogen) atoms. The van der Waals surface area contributed by atoms with Crippen molar-refractivity contribution < 1.29 is 17.4 Å². The fourth-order valence-electron chi connectivity index (χ4n) is 0.908. The van der Waals surface area contributed by atoms with Crippen molar-refractivity contribution in [3.63, 3.8) is 0 Å². The predicted molar refractivity (Wildman–Crippen MR) is 73.0 cm³/mol. The van der Waals surface area contributed by atoms with E-state index in [1.165, 1.54) is 0 Å². The molecule has 0 saturated heterocycles. The fourth-order valence-corrected chi connectivity index (χ4v) is 5.17. The molecule has 0 bridgehead atoms. The third-order valence-electron chi connectivity index (χ3n) is 1.51. The van der Waals surface area contributed by atoms with E-state index < -0.39 is 8.80 Å². The molecular formula is C9H24O4Si3. The second-order valence-corrected chi connectivity index (χ2v) is 10.6. The summed E-state index contributed by atoms with van der Waals surface area (Å²) in [4.78, 5) is 0. The summed E-state index contributed by atoms with van der Waals surface area (Å²) in [5.41, 5.74) is 1.58. The Hall–Kier alpha value is 0.231. The number of rotatable bonds is 6. The van der Waals surface area contributed by atoms with Crippen molar-refractivity contribution in [3.05, 3.63) is 12.3 Å². The Morgan fingerprint density at radius 3 is 1.19 bits per heavy atom. The topological polar surface area (TPSA) is 36.9 Å². The van der Waals surface area contributed by atoms with Gasteiger partial charge in [0.15, 0.2) is 18.1 Å². The highest BCUT2D eigenvalue weighted by molar-refractivity contribution is 6.66. The first kappa shape index (κ1) is 18.6. The van der Waals surface area contributed by atoms with Gasteiger partial charge < -0.3 is 17.4 Å². The summed E-state index contributed by atoms with van der Waals surface area (Å²) in [6, 6.07) is 0. The Kier molecular flexibility index (Phi) is 12.1. The molecule has 7 heteroatoms. The van der Waals surface area contributed by atoms with Crippen molar-refractivity contribution in [3.8, 4) is 0 Å². The van der Waals surface area contributed by atoms with Gasteiger partial charge in [0, 0.05) is 21.3 Å². The van der Waals surface area contributed by atoms with Gasteiger partial charge in [-0.05, 0) is 31.9 Å². The molecule has 4 nitrogen and oxygen atoms in total. The van der Waals surface area contributed by atoms with Gasteiger partial charge in [-0.2, -0.15) is 0 Å². The molecule has 0 heterocycles. The smallest absolute Gasteiger partial charge is 0.456 e. The molecule has 0 aromatic rings. The minimum absolute atomic E-state index is 0.389. The summed E-state index contributed by atoms with van der Waals surface area (Å²) in [6.07, 6.45) is 0. The highest BCUT2D eigenvalue weighted by Gasteiger charge is 2.33. The van der Waals surface area contributed by atoms with Crippen LogP contribution in [0.5, 0.6) is 0 Å². The van der Waals surface area contributed by atoms with Crippen LogP contribution in [-0.4, -0.2) is 48.2 Å². The highest BCUT2D eigenvalue weighted by Crippen LogP contribution is 2.04. The van der Waals surface area contributed by atoms with Gasteiger partial charge in [0.05, 0.1) is 0 Å². The van der Waals surface area contributed by atoms with E-state index in [4.69, 9.17) is 17.4 Å². The second-order valence-electron chi connectivity index (χ2n) is 3.34. The molecule has 0 saturated carbocycles. The highest BCUT2D eigenvalue weighted by atomic mass is 28.4. The maximum absolute atomic E-state index is 5.45. The van der Waals surface area contributed by atoms with Gasteiger partial charge in [-0.3, -0.25) is 0 Å². The Morgan fingerprint density at radius 1 is 0.875 bits per heavy atom. The van der Waals surface area contributed by atoms with E-state index in [2.05, 4.69) is 32.8 Å². The Bertz CT molecular complexity index is 158. The van der Waals surface area contributed by atoms with E-state index in [0.717, 1.165) is 0 Å². The van der Waals surface area contributed by atoms with Crippen LogP contribution in [0.2, 0.25) is 26.2 Å². The Labute approximate surface area is 104 Å². The number of hydrogen-bond donors (Lipinski definition) is 0. The predicted octanol–water partition coefficient (Wildman–Crippen LogP) is 2.09. The van der Waals surface area contributed by atoms with Gasteiger partial charge >= 0.3 is 8.80 Å². The lowest BCUT2D eigenvalue weighted by Crippen LogP contribution is -2.40. The monoisotopic (exact) mass is 280 g/mol. The van der Waals surface area contributed by atoms with E-state index in [-0.39, 0.29) is 18.1 Å². The van der Waals surface area contributed by atoms with Gasteiger partial charge in [-0.1, -0.05) is 6.58 Å². The van der Waals surface area contributed by atoms with Crippen LogP contribution in [-0.2, 0) is 17.4 Å². The van der Waals surface area contributed by atoms with E-state index in [1.807, 2.05) is 0 Å². The molecule has 0 rings (SSSR count). The molecule has 0 aromatic heterocycles. The van der Waals surface area contributed by atoms with Gasteiger partial charge in [-0.15, -0.1) is 0 Å². The Balaban J connectivity index is 0. The molecule has 0 amide bonds. The summed E-state index contributed by atoms with van der Waals surface area (Å²) in [5.74, 6) is 0. The number of hydrogen-bond acceptors (Lipinski definition) is 4. The maximum Gasteiger partial charge on any atom is 0.528 e. The average molecular weight is 281 g/mol. The van der Waals surface area contributed by atoms with Crippen molar-refractivity contribution in [2.45, 2.75) is 26.2 Å². The van der Waals surface area contributed by atoms with Crippen LogP contribution in [0.1, 0.15) is 0 Å². The van der Waals surface area contributed by atoms with Crippen LogP contribution in [0.3, 0.4) is 0 Å². The van der Waals surface area contributed by atoms with Crippen molar-refractivity contribution in [2.75, 3.05) is 21.3 Å². The zero-order valence-electron chi connectivity index (χ0n) is 11.4. The summed E-state index contributed by atoms with van der Waals surface area (Å²) in [7, 11) is 1.42. The molecule has 0 aliphatic rings. The normalized spacial score (nSPS) is 11.3. The van der Waals surface area contributed by atoms with Crippen LogP contribution in [0.25, 0.3) is 0 Å². The Morgan fingerprint density at radius 2 is 1.19 bits per heavy atom. The molecule has 0 aliphatic heterocycles. The average Bonchev–Trinajstić information content (AvgIpc) is 2.21. The van der Waals surface area contributed by atoms with Crippen LogP contribution in [0, 0.1) is 0 Å². The van der Waals surface area contributed by atoms with Gasteiger partial charge in [0.2, 0.25) is 0 Å². The van der Waals surface area contributed by atoms with Crippen molar-refractivity contribution in [1.82, 2.24) is 0 Å². The standard InChI is InChI=1S/C5H12O3Si.C4H12OSi2/c1-5-9(6-2,7-3)8-4;1-6(2)5-7(3)4/h5H,1H2,2-4H3;1-4H3. The third kappa shape index (κ3) is 9.46. The lowest BCUT2D eigenvalue weighted by Gasteiger charge is -2.19. The maximum atomic E-state index is 5.45. The zero-order valence-corrected chi connectivity index (χ0v) is 14.4. The molecule has 96 valence electrons. The van der Waals surface area contributed by atoms with E-state index in [1.54, 1.807) is 27.0 Å². The summed E-state index contributed by atoms with van der Waals surface area (Å²) in [5, 5.41) is 0. The lowest BCUT2D eigenvalue weighted by atomic mass is 11.3. The van der Waals surface area contributed by atoms with Gasteiger partial charge in [0.25, 0.3) is 0 Å². The minimum atomic E-state index is -2.43. The van der Waals surface area contributed by atoms with Crippen molar-refractivity contribution >= 4 is 26.9 Å². The van der Waals surface area contributed by atoms with Crippen molar-refractivity contribution in [2.24, 2.45) is 0 Å². The quantitative estimate of drug-likeness (QED) is 0.698. The third-order valence-corrected chi connectivity index (χ3v) is 6.98. The SMILES string of the molecule is C=C[Si](OC)(OC)OC.C[Si](C)O[Si](C)C. The van der Waals surface area contributed by atoms with Gasteiger partial charge in [0.1, 0.15) is 0 Å². The molecule has 0 N–H and O–H groups in total. The molecule has 0 unspecified atom stereocenters. The molecule has 2 radical (unpaired) electrons. The first-order valence-corrected chi connectivity index (χ1v) is 11.6. The van der Waals surface area contributed by atoms with Crippen molar-refractivity contribution in [1.29, 1.82) is 0 Å². The first-order chi connectivity index (χ1) is 7.37. The van der Waals surface area contributed by atoms with E-state index in [9.17, 15) is 0 Å². The van der Waals surface area contributed by atoms with E-state index >= 15 is 0 Å².